The Bertz CT molecular complexity index is 926. The highest BCUT2D eigenvalue weighted by Gasteiger charge is 2.30. The third kappa shape index (κ3) is 5.77. The summed E-state index contributed by atoms with van der Waals surface area (Å²) in [7, 11) is 0. The Hall–Kier alpha value is -3.48. The lowest BCUT2D eigenvalue weighted by Crippen LogP contribution is -2.17. The van der Waals surface area contributed by atoms with Gasteiger partial charge in [-0.3, -0.25) is 4.79 Å². The average molecular weight is 387 g/mol. The van der Waals surface area contributed by atoms with Crippen LogP contribution in [0.25, 0.3) is 0 Å². The minimum absolute atomic E-state index is 0.343. The number of alkyl halides is 3. The fraction of sp³-hybridized carbons (Fsp3) is 0.0952. The summed E-state index contributed by atoms with van der Waals surface area (Å²) in [5, 5.41) is 2.62. The third-order valence-corrected chi connectivity index (χ3v) is 3.69. The highest BCUT2D eigenvalue weighted by molar-refractivity contribution is 6.04. The molecular weight excluding hydrogens is 371 g/mol. The lowest BCUT2D eigenvalue weighted by Gasteiger charge is -2.11. The third-order valence-electron chi connectivity index (χ3n) is 3.69. The highest BCUT2D eigenvalue weighted by atomic mass is 19.4. The molecule has 1 N–H and O–H groups in total. The topological polar surface area (TPSA) is 47.6 Å². The van der Waals surface area contributed by atoms with E-state index in [1.54, 1.807) is 24.3 Å². The van der Waals surface area contributed by atoms with Crippen molar-refractivity contribution in [2.24, 2.45) is 0 Å². The average Bonchev–Trinajstić information content (AvgIpc) is 2.68. The van der Waals surface area contributed by atoms with Gasteiger partial charge >= 0.3 is 6.36 Å². The lowest BCUT2D eigenvalue weighted by molar-refractivity contribution is -0.274. The van der Waals surface area contributed by atoms with Crippen molar-refractivity contribution >= 4 is 11.6 Å². The second-order valence-corrected chi connectivity index (χ2v) is 5.83. The van der Waals surface area contributed by atoms with E-state index < -0.39 is 12.3 Å². The number of halogens is 3. The zero-order valence-electron chi connectivity index (χ0n) is 14.6. The molecule has 3 aromatic carbocycles. The summed E-state index contributed by atoms with van der Waals surface area (Å²) >= 11 is 0. The monoisotopic (exact) mass is 387 g/mol. The summed E-state index contributed by atoms with van der Waals surface area (Å²) in [6, 6.07) is 21.2. The molecule has 3 rings (SSSR count). The van der Waals surface area contributed by atoms with Crippen molar-refractivity contribution < 1.29 is 27.4 Å². The Morgan fingerprint density at radius 1 is 0.857 bits per heavy atom. The lowest BCUT2D eigenvalue weighted by atomic mass is 10.2. The predicted molar refractivity (Wildman–Crippen MR) is 98.3 cm³/mol. The van der Waals surface area contributed by atoms with Crippen LogP contribution in [0.3, 0.4) is 0 Å². The first-order chi connectivity index (χ1) is 13.4. The Balaban J connectivity index is 1.61. The number of ether oxygens (including phenoxy) is 2. The minimum atomic E-state index is -4.76. The molecule has 0 aliphatic heterocycles. The molecule has 0 spiro atoms. The van der Waals surface area contributed by atoms with Crippen LogP contribution >= 0.6 is 0 Å². The number of nitrogens with one attached hydrogen (secondary N) is 1. The zero-order valence-corrected chi connectivity index (χ0v) is 14.6. The van der Waals surface area contributed by atoms with Gasteiger partial charge in [0.2, 0.25) is 0 Å². The summed E-state index contributed by atoms with van der Waals surface area (Å²) in [5.41, 5.74) is 1.70. The zero-order chi connectivity index (χ0) is 20.0. The number of benzene rings is 3. The standard InChI is InChI=1S/C21H16F3NO3/c22-21(23,24)28-18-11-9-17(10-12-18)25-20(26)16-7-4-8-19(13-16)27-14-15-5-2-1-3-6-15/h1-13H,14H2,(H,25,26). The van der Waals surface area contributed by atoms with Crippen LogP contribution in [-0.2, 0) is 6.61 Å². The second-order valence-electron chi connectivity index (χ2n) is 5.83. The summed E-state index contributed by atoms with van der Waals surface area (Å²) in [4.78, 5) is 12.4. The normalized spacial score (nSPS) is 11.0. The molecule has 7 heteroatoms. The quantitative estimate of drug-likeness (QED) is 0.615. The second kappa shape index (κ2) is 8.47. The van der Waals surface area contributed by atoms with E-state index in [1.807, 2.05) is 30.3 Å². The first-order valence-corrected chi connectivity index (χ1v) is 8.33. The van der Waals surface area contributed by atoms with Gasteiger partial charge in [-0.1, -0.05) is 36.4 Å². The number of carbonyl (C=O) groups is 1. The van der Waals surface area contributed by atoms with Crippen LogP contribution in [0, 0.1) is 0 Å². The van der Waals surface area contributed by atoms with E-state index in [1.165, 1.54) is 12.1 Å². The van der Waals surface area contributed by atoms with Crippen LogP contribution < -0.4 is 14.8 Å². The van der Waals surface area contributed by atoms with Crippen molar-refractivity contribution in [2.45, 2.75) is 13.0 Å². The Morgan fingerprint density at radius 3 is 2.25 bits per heavy atom. The van der Waals surface area contributed by atoms with Gasteiger partial charge in [-0.25, -0.2) is 0 Å². The van der Waals surface area contributed by atoms with Gasteiger partial charge in [0.15, 0.2) is 0 Å². The molecule has 1 amide bonds. The number of rotatable bonds is 6. The van der Waals surface area contributed by atoms with E-state index in [-0.39, 0.29) is 5.75 Å². The van der Waals surface area contributed by atoms with Gasteiger partial charge in [-0.2, -0.15) is 0 Å². The van der Waals surface area contributed by atoms with Crippen molar-refractivity contribution in [3.63, 3.8) is 0 Å². The fourth-order valence-electron chi connectivity index (χ4n) is 2.41. The van der Waals surface area contributed by atoms with Gasteiger partial charge in [-0.15, -0.1) is 13.2 Å². The molecule has 0 radical (unpaired) electrons. The predicted octanol–water partition coefficient (Wildman–Crippen LogP) is 5.42. The van der Waals surface area contributed by atoms with Crippen molar-refractivity contribution in [3.05, 3.63) is 90.0 Å². The molecule has 0 aliphatic carbocycles. The molecule has 0 unspecified atom stereocenters. The molecule has 144 valence electrons. The van der Waals surface area contributed by atoms with E-state index in [4.69, 9.17) is 4.74 Å². The van der Waals surface area contributed by atoms with Crippen LogP contribution in [0.15, 0.2) is 78.9 Å². The van der Waals surface area contributed by atoms with E-state index in [0.717, 1.165) is 17.7 Å². The maximum Gasteiger partial charge on any atom is 0.573 e. The molecule has 28 heavy (non-hydrogen) atoms. The number of hydrogen-bond acceptors (Lipinski definition) is 3. The largest absolute Gasteiger partial charge is 0.573 e. The summed E-state index contributed by atoms with van der Waals surface area (Å²) in [6.45, 7) is 0.368. The number of carbonyl (C=O) groups excluding carboxylic acids is 1. The number of hydrogen-bond donors (Lipinski definition) is 1. The van der Waals surface area contributed by atoms with Crippen LogP contribution in [0.4, 0.5) is 18.9 Å². The number of anilines is 1. The van der Waals surface area contributed by atoms with Crippen LogP contribution in [-0.4, -0.2) is 12.3 Å². The maximum absolute atomic E-state index is 12.4. The first kappa shape index (κ1) is 19.3. The Labute approximate surface area is 159 Å². The summed E-state index contributed by atoms with van der Waals surface area (Å²) in [5.74, 6) is -0.234. The molecule has 4 nitrogen and oxygen atoms in total. The molecule has 0 saturated carbocycles. The maximum atomic E-state index is 12.4. The summed E-state index contributed by atoms with van der Waals surface area (Å²) in [6.07, 6.45) is -4.76. The van der Waals surface area contributed by atoms with Crippen LogP contribution in [0.2, 0.25) is 0 Å². The molecule has 0 saturated heterocycles. The van der Waals surface area contributed by atoms with Gasteiger partial charge in [0, 0.05) is 11.3 Å². The van der Waals surface area contributed by atoms with E-state index in [2.05, 4.69) is 10.1 Å². The van der Waals surface area contributed by atoms with Gasteiger partial charge in [-0.05, 0) is 48.0 Å². The smallest absolute Gasteiger partial charge is 0.489 e. The Kier molecular flexibility index (Phi) is 5.84. The fourth-order valence-corrected chi connectivity index (χ4v) is 2.41. The van der Waals surface area contributed by atoms with Crippen LogP contribution in [0.1, 0.15) is 15.9 Å². The van der Waals surface area contributed by atoms with Crippen molar-refractivity contribution in [2.75, 3.05) is 5.32 Å². The molecule has 0 aliphatic rings. The minimum Gasteiger partial charge on any atom is -0.489 e. The molecule has 0 fully saturated rings. The van der Waals surface area contributed by atoms with Crippen molar-refractivity contribution in [3.8, 4) is 11.5 Å². The Morgan fingerprint density at radius 2 is 1.57 bits per heavy atom. The molecular formula is C21H16F3NO3. The van der Waals surface area contributed by atoms with E-state index >= 15 is 0 Å². The summed E-state index contributed by atoms with van der Waals surface area (Å²) < 4.78 is 46.0. The number of amides is 1. The van der Waals surface area contributed by atoms with Gasteiger partial charge in [0.05, 0.1) is 0 Å². The highest BCUT2D eigenvalue weighted by Crippen LogP contribution is 2.24. The van der Waals surface area contributed by atoms with E-state index in [9.17, 15) is 18.0 Å². The SMILES string of the molecule is O=C(Nc1ccc(OC(F)(F)F)cc1)c1cccc(OCc2ccccc2)c1. The molecule has 0 aromatic heterocycles. The molecule has 0 atom stereocenters. The molecule has 3 aromatic rings. The van der Waals surface area contributed by atoms with E-state index in [0.29, 0.717) is 23.6 Å². The van der Waals surface area contributed by atoms with Gasteiger partial charge < -0.3 is 14.8 Å². The first-order valence-electron chi connectivity index (χ1n) is 8.33. The molecule has 0 bridgehead atoms. The van der Waals surface area contributed by atoms with Crippen molar-refractivity contribution in [1.82, 2.24) is 0 Å². The van der Waals surface area contributed by atoms with Crippen molar-refractivity contribution in [1.29, 1.82) is 0 Å². The van der Waals surface area contributed by atoms with Gasteiger partial charge in [0.25, 0.3) is 5.91 Å². The molecule has 0 heterocycles. The van der Waals surface area contributed by atoms with Crippen LogP contribution in [0.5, 0.6) is 11.5 Å². The van der Waals surface area contributed by atoms with Gasteiger partial charge in [0.1, 0.15) is 18.1 Å².